The first kappa shape index (κ1) is 13.7. The molecule has 1 saturated carbocycles. The van der Waals surface area contributed by atoms with Crippen LogP contribution in [0.25, 0.3) is 0 Å². The molecule has 1 aromatic carbocycles. The molecule has 1 aliphatic carbocycles. The van der Waals surface area contributed by atoms with E-state index in [1.807, 2.05) is 18.2 Å². The summed E-state index contributed by atoms with van der Waals surface area (Å²) in [5.41, 5.74) is 0.822. The fourth-order valence-electron chi connectivity index (χ4n) is 2.85. The van der Waals surface area contributed by atoms with Crippen LogP contribution in [-0.4, -0.2) is 24.6 Å². The summed E-state index contributed by atoms with van der Waals surface area (Å²) < 4.78 is 16.5. The number of hydrogen-bond acceptors (Lipinski definition) is 4. The molecule has 1 unspecified atom stereocenters. The Balaban J connectivity index is 1.54. The fourth-order valence-corrected chi connectivity index (χ4v) is 2.85. The van der Waals surface area contributed by atoms with Crippen LogP contribution in [0.4, 0.5) is 0 Å². The van der Waals surface area contributed by atoms with E-state index < -0.39 is 6.10 Å². The SMILES string of the molecule is OC(COC1CCCCCC1)c1ccc2c(c1)OCO2. The van der Waals surface area contributed by atoms with Crippen LogP contribution >= 0.6 is 0 Å². The van der Waals surface area contributed by atoms with E-state index in [1.165, 1.54) is 25.7 Å². The second-order valence-corrected chi connectivity index (χ2v) is 5.58. The molecule has 1 aromatic rings. The van der Waals surface area contributed by atoms with Crippen LogP contribution in [0.1, 0.15) is 50.2 Å². The van der Waals surface area contributed by atoms with E-state index in [0.717, 1.165) is 24.2 Å². The Hall–Kier alpha value is -1.26. The van der Waals surface area contributed by atoms with Crippen molar-refractivity contribution >= 4 is 0 Å². The van der Waals surface area contributed by atoms with Crippen LogP contribution in [0.3, 0.4) is 0 Å². The molecule has 0 radical (unpaired) electrons. The van der Waals surface area contributed by atoms with E-state index in [-0.39, 0.29) is 6.79 Å². The highest BCUT2D eigenvalue weighted by Crippen LogP contribution is 2.34. The zero-order chi connectivity index (χ0) is 13.8. The van der Waals surface area contributed by atoms with Gasteiger partial charge in [-0.15, -0.1) is 0 Å². The lowest BCUT2D eigenvalue weighted by molar-refractivity contribution is -0.0160. The molecule has 1 aliphatic heterocycles. The van der Waals surface area contributed by atoms with Crippen LogP contribution in [0.15, 0.2) is 18.2 Å². The predicted octanol–water partition coefficient (Wildman–Crippen LogP) is 3.19. The van der Waals surface area contributed by atoms with Gasteiger partial charge >= 0.3 is 0 Å². The maximum atomic E-state index is 10.2. The smallest absolute Gasteiger partial charge is 0.231 e. The predicted molar refractivity (Wildman–Crippen MR) is 75.0 cm³/mol. The summed E-state index contributed by atoms with van der Waals surface area (Å²) in [6.07, 6.45) is 7.04. The maximum Gasteiger partial charge on any atom is 0.231 e. The van der Waals surface area contributed by atoms with Gasteiger partial charge in [0.1, 0.15) is 6.10 Å². The van der Waals surface area contributed by atoms with Gasteiger partial charge in [0.25, 0.3) is 0 Å². The highest BCUT2D eigenvalue weighted by molar-refractivity contribution is 5.45. The summed E-state index contributed by atoms with van der Waals surface area (Å²) in [6.45, 7) is 0.609. The second kappa shape index (κ2) is 6.46. The number of aliphatic hydroxyl groups is 1. The maximum absolute atomic E-state index is 10.2. The monoisotopic (exact) mass is 278 g/mol. The van der Waals surface area contributed by atoms with E-state index in [2.05, 4.69) is 0 Å². The highest BCUT2D eigenvalue weighted by Gasteiger charge is 2.18. The fraction of sp³-hybridized carbons (Fsp3) is 0.625. The molecule has 0 bridgehead atoms. The molecular formula is C16H22O4. The summed E-state index contributed by atoms with van der Waals surface area (Å²) in [7, 11) is 0. The lowest BCUT2D eigenvalue weighted by atomic mass is 10.1. The van der Waals surface area contributed by atoms with Crippen molar-refractivity contribution in [3.8, 4) is 11.5 Å². The average molecular weight is 278 g/mol. The lowest BCUT2D eigenvalue weighted by Crippen LogP contribution is -2.16. The zero-order valence-electron chi connectivity index (χ0n) is 11.7. The summed E-state index contributed by atoms with van der Waals surface area (Å²) in [4.78, 5) is 0. The molecule has 1 heterocycles. The standard InChI is InChI=1S/C16H22O4/c17-14(10-18-13-5-3-1-2-4-6-13)12-7-8-15-16(9-12)20-11-19-15/h7-9,13-14,17H,1-6,10-11H2. The Kier molecular flexibility index (Phi) is 4.43. The summed E-state index contributed by atoms with van der Waals surface area (Å²) in [5, 5.41) is 10.2. The number of rotatable bonds is 4. The van der Waals surface area contributed by atoms with E-state index in [9.17, 15) is 5.11 Å². The minimum atomic E-state index is -0.604. The van der Waals surface area contributed by atoms with E-state index in [4.69, 9.17) is 14.2 Å². The van der Waals surface area contributed by atoms with Gasteiger partial charge in [-0.05, 0) is 30.5 Å². The highest BCUT2D eigenvalue weighted by atomic mass is 16.7. The molecule has 0 amide bonds. The third kappa shape index (κ3) is 3.25. The Morgan fingerprint density at radius 1 is 1.10 bits per heavy atom. The number of benzene rings is 1. The molecule has 4 heteroatoms. The molecule has 2 aliphatic rings. The third-order valence-electron chi connectivity index (χ3n) is 4.07. The first-order valence-corrected chi connectivity index (χ1v) is 7.52. The molecule has 110 valence electrons. The van der Waals surface area contributed by atoms with Gasteiger partial charge in [0.15, 0.2) is 11.5 Å². The topological polar surface area (TPSA) is 47.9 Å². The third-order valence-corrected chi connectivity index (χ3v) is 4.07. The van der Waals surface area contributed by atoms with Gasteiger partial charge in [-0.3, -0.25) is 0 Å². The van der Waals surface area contributed by atoms with Crippen molar-refractivity contribution in [1.29, 1.82) is 0 Å². The van der Waals surface area contributed by atoms with Crippen LogP contribution in [0.2, 0.25) is 0 Å². The second-order valence-electron chi connectivity index (χ2n) is 5.58. The largest absolute Gasteiger partial charge is 0.454 e. The molecule has 20 heavy (non-hydrogen) atoms. The van der Waals surface area contributed by atoms with E-state index >= 15 is 0 Å². The lowest BCUT2D eigenvalue weighted by Gasteiger charge is -2.18. The van der Waals surface area contributed by atoms with Gasteiger partial charge in [-0.1, -0.05) is 31.7 Å². The van der Waals surface area contributed by atoms with Crippen molar-refractivity contribution < 1.29 is 19.3 Å². The number of fused-ring (bicyclic) bond motifs is 1. The molecule has 0 aromatic heterocycles. The molecule has 1 fully saturated rings. The first-order chi connectivity index (χ1) is 9.83. The van der Waals surface area contributed by atoms with Crippen LogP contribution in [0.5, 0.6) is 11.5 Å². The van der Waals surface area contributed by atoms with Gasteiger partial charge in [0.2, 0.25) is 6.79 Å². The Bertz CT molecular complexity index is 438. The molecule has 0 spiro atoms. The van der Waals surface area contributed by atoms with Crippen LogP contribution in [0, 0.1) is 0 Å². The first-order valence-electron chi connectivity index (χ1n) is 7.52. The van der Waals surface area contributed by atoms with Gasteiger partial charge in [0, 0.05) is 0 Å². The minimum Gasteiger partial charge on any atom is -0.454 e. The molecule has 0 saturated heterocycles. The quantitative estimate of drug-likeness (QED) is 0.859. The van der Waals surface area contributed by atoms with Crippen molar-refractivity contribution in [1.82, 2.24) is 0 Å². The Morgan fingerprint density at radius 3 is 2.65 bits per heavy atom. The Labute approximate surface area is 119 Å². The van der Waals surface area contributed by atoms with Crippen molar-refractivity contribution in [2.24, 2.45) is 0 Å². The van der Waals surface area contributed by atoms with Crippen molar-refractivity contribution in [3.05, 3.63) is 23.8 Å². The number of ether oxygens (including phenoxy) is 3. The molecule has 1 atom stereocenters. The average Bonchev–Trinajstić information content (AvgIpc) is 2.78. The normalized spacial score (nSPS) is 20.6. The van der Waals surface area contributed by atoms with Crippen molar-refractivity contribution in [3.63, 3.8) is 0 Å². The van der Waals surface area contributed by atoms with Crippen LogP contribution < -0.4 is 9.47 Å². The minimum absolute atomic E-state index is 0.257. The van der Waals surface area contributed by atoms with Gasteiger partial charge < -0.3 is 19.3 Å². The molecule has 4 nitrogen and oxygen atoms in total. The summed E-state index contributed by atoms with van der Waals surface area (Å²) in [5.74, 6) is 1.45. The number of aliphatic hydroxyl groups excluding tert-OH is 1. The van der Waals surface area contributed by atoms with Gasteiger partial charge in [0.05, 0.1) is 12.7 Å². The molecule has 3 rings (SSSR count). The molecule has 1 N–H and O–H groups in total. The van der Waals surface area contributed by atoms with Gasteiger partial charge in [-0.2, -0.15) is 0 Å². The summed E-state index contributed by atoms with van der Waals surface area (Å²) >= 11 is 0. The summed E-state index contributed by atoms with van der Waals surface area (Å²) in [6, 6.07) is 5.55. The number of hydrogen-bond donors (Lipinski definition) is 1. The van der Waals surface area contributed by atoms with Crippen molar-refractivity contribution in [2.45, 2.75) is 50.7 Å². The Morgan fingerprint density at radius 2 is 1.85 bits per heavy atom. The van der Waals surface area contributed by atoms with Crippen molar-refractivity contribution in [2.75, 3.05) is 13.4 Å². The molecular weight excluding hydrogens is 256 g/mol. The van der Waals surface area contributed by atoms with E-state index in [1.54, 1.807) is 0 Å². The van der Waals surface area contributed by atoms with E-state index in [0.29, 0.717) is 18.5 Å². The van der Waals surface area contributed by atoms with Crippen LogP contribution in [-0.2, 0) is 4.74 Å². The van der Waals surface area contributed by atoms with Gasteiger partial charge in [-0.25, -0.2) is 0 Å². The zero-order valence-corrected chi connectivity index (χ0v) is 11.7.